The van der Waals surface area contributed by atoms with Crippen molar-refractivity contribution in [3.63, 3.8) is 0 Å². The Morgan fingerprint density at radius 2 is 0.956 bits per heavy atom. The average Bonchev–Trinajstić information content (AvgIpc) is 4.16. The van der Waals surface area contributed by atoms with Gasteiger partial charge in [0.05, 0.1) is 74.5 Å². The third kappa shape index (κ3) is 11.0. The first-order valence-corrected chi connectivity index (χ1v) is 24.0. The molecule has 4 aliphatic heterocycles. The smallest absolute Gasteiger partial charge is 0.407 e. The van der Waals surface area contributed by atoms with Gasteiger partial charge in [0, 0.05) is 52.4 Å². The number of ether oxygens (including phenoxy) is 6. The van der Waals surface area contributed by atoms with Gasteiger partial charge in [0.2, 0.25) is 11.8 Å². The number of H-pyrrole nitrogens is 2. The number of amides is 4. The van der Waals surface area contributed by atoms with Crippen molar-refractivity contribution in [2.75, 3.05) is 53.7 Å². The van der Waals surface area contributed by atoms with E-state index < -0.39 is 36.4 Å². The van der Waals surface area contributed by atoms with Crippen LogP contribution in [0.5, 0.6) is 0 Å². The summed E-state index contributed by atoms with van der Waals surface area (Å²) in [7, 11) is 2.57. The first kappa shape index (κ1) is 48.6. The average molecular weight is 939 g/mol. The maximum Gasteiger partial charge on any atom is 0.407 e. The van der Waals surface area contributed by atoms with Crippen molar-refractivity contribution in [1.29, 1.82) is 0 Å². The number of hydrogen-bond acceptors (Lipinski definition) is 12. The topological polar surface area (TPSA) is 212 Å². The summed E-state index contributed by atoms with van der Waals surface area (Å²) in [5, 5.41) is 5.47. The van der Waals surface area contributed by atoms with Crippen LogP contribution in [0.2, 0.25) is 0 Å². The monoisotopic (exact) mass is 938 g/mol. The van der Waals surface area contributed by atoms with Crippen molar-refractivity contribution in [2.24, 2.45) is 11.8 Å². The third-order valence-electron chi connectivity index (χ3n) is 13.3. The van der Waals surface area contributed by atoms with Crippen molar-refractivity contribution >= 4 is 24.0 Å². The molecule has 0 saturated carbocycles. The minimum absolute atomic E-state index is 0.180. The predicted molar refractivity (Wildman–Crippen MR) is 251 cm³/mol. The Morgan fingerprint density at radius 1 is 0.588 bits per heavy atom. The third-order valence-corrected chi connectivity index (χ3v) is 13.3. The van der Waals surface area contributed by atoms with Crippen LogP contribution in [0.1, 0.15) is 101 Å². The second-order valence-electron chi connectivity index (χ2n) is 18.7. The van der Waals surface area contributed by atoms with E-state index in [0.717, 1.165) is 70.7 Å². The van der Waals surface area contributed by atoms with Gasteiger partial charge in [-0.05, 0) is 59.8 Å². The standard InChI is InChI=1S/C50H66N8O10/c1-29(2)41(55-49(61)63-5)47(59)57-25-35-23-39(57)45-51-37(27-65-19-7-9-21-67-35)43(53-45)33-15-11-31(12-16-33)32-13-17-34(18-14-32)44-38-28-66-20-8-10-22-68-36-24-40(46(52-38)54-44)58(26-36)48(60)42(30(3)4)56-50(62)64-6/h11-18,29-30,35-36,39-42H,7-10,19-28H2,1-6H3,(H,51,53)(H,52,54)(H,55,61)(H,56,62)/t35-,36-,39-,40-,41-,42-/m0/s1. The quantitative estimate of drug-likeness (QED) is 0.136. The number of carbonyl (C=O) groups is 4. The Kier molecular flexibility index (Phi) is 15.8. The van der Waals surface area contributed by atoms with Crippen molar-refractivity contribution in [3.05, 3.63) is 71.6 Å². The summed E-state index contributed by atoms with van der Waals surface area (Å²) in [4.78, 5) is 73.7. The molecule has 2 fully saturated rings. The van der Waals surface area contributed by atoms with Crippen LogP contribution in [-0.4, -0.2) is 132 Å². The molecule has 4 amide bonds. The number of nitrogens with zero attached hydrogens (tertiary/aromatic N) is 4. The Labute approximate surface area is 397 Å². The zero-order valence-corrected chi connectivity index (χ0v) is 40.0. The van der Waals surface area contributed by atoms with E-state index in [2.05, 4.69) is 69.1 Å². The first-order valence-electron chi connectivity index (χ1n) is 24.0. The molecule has 0 radical (unpaired) electrons. The zero-order chi connectivity index (χ0) is 47.9. The van der Waals surface area contributed by atoms with Crippen LogP contribution in [0.25, 0.3) is 33.6 Å². The highest BCUT2D eigenvalue weighted by Gasteiger charge is 2.44. The second kappa shape index (κ2) is 22.1. The number of nitrogens with one attached hydrogen (secondary N) is 4. The number of aromatic nitrogens is 4. The number of fused-ring (bicyclic) bond motifs is 10. The minimum Gasteiger partial charge on any atom is -0.453 e. The van der Waals surface area contributed by atoms with Gasteiger partial charge in [0.25, 0.3) is 0 Å². The lowest BCUT2D eigenvalue weighted by molar-refractivity contribution is -0.136. The SMILES string of the molecule is COC(=O)N[C@H](C(=O)N1C[C@@H]2C[C@H]1c1nc(c(-c3ccc(-c4ccc(-c5[nH]c6nc5COCCCCO[C@H]5C[C@@H]6N(C(=O)[C@@H](NC(=O)OC)C(C)C)C5)cc4)cc3)[nH]1)COCCCCO2)C(C)C. The molecule has 8 bridgehead atoms. The molecule has 2 aromatic heterocycles. The number of rotatable bonds is 9. The number of alkyl carbamates (subject to hydrolysis) is 2. The maximum atomic E-state index is 14.2. The van der Waals surface area contributed by atoms with Gasteiger partial charge in [-0.25, -0.2) is 19.6 Å². The van der Waals surface area contributed by atoms with Crippen LogP contribution in [0.3, 0.4) is 0 Å². The van der Waals surface area contributed by atoms with Crippen LogP contribution in [0.15, 0.2) is 48.5 Å². The van der Waals surface area contributed by atoms with E-state index in [4.69, 9.17) is 38.4 Å². The number of imidazole rings is 2. The van der Waals surface area contributed by atoms with E-state index in [9.17, 15) is 19.2 Å². The molecule has 0 unspecified atom stereocenters. The molecule has 8 rings (SSSR count). The highest BCUT2D eigenvalue weighted by atomic mass is 16.5. The van der Waals surface area contributed by atoms with Gasteiger partial charge in [0.1, 0.15) is 23.7 Å². The molecular formula is C50H66N8O10. The number of likely N-dealkylation sites (tertiary alicyclic amines) is 2. The lowest BCUT2D eigenvalue weighted by Crippen LogP contribution is -2.51. The van der Waals surface area contributed by atoms with Gasteiger partial charge >= 0.3 is 12.2 Å². The summed E-state index contributed by atoms with van der Waals surface area (Å²) in [5.41, 5.74) is 7.02. The number of benzene rings is 2. The van der Waals surface area contributed by atoms with Gasteiger partial charge in [0.15, 0.2) is 0 Å². The molecule has 4 aromatic rings. The summed E-state index contributed by atoms with van der Waals surface area (Å²) in [6.45, 7) is 11.2. The first-order chi connectivity index (χ1) is 32.9. The maximum absolute atomic E-state index is 14.2. The molecule has 366 valence electrons. The molecule has 18 heteroatoms. The summed E-state index contributed by atoms with van der Waals surface area (Å²) in [6, 6.07) is 14.2. The molecular weight excluding hydrogens is 873 g/mol. The zero-order valence-electron chi connectivity index (χ0n) is 40.0. The number of hydrogen-bond donors (Lipinski definition) is 4. The minimum atomic E-state index is -0.784. The molecule has 4 aliphatic rings. The van der Waals surface area contributed by atoms with E-state index in [0.29, 0.717) is 77.2 Å². The fourth-order valence-corrected chi connectivity index (χ4v) is 9.57. The van der Waals surface area contributed by atoms with E-state index in [1.807, 2.05) is 27.7 Å². The van der Waals surface area contributed by atoms with Crippen molar-refractivity contribution in [2.45, 2.75) is 116 Å². The summed E-state index contributed by atoms with van der Waals surface area (Å²) < 4.78 is 34.5. The normalized spacial score (nSPS) is 22.1. The molecule has 0 spiro atoms. The van der Waals surface area contributed by atoms with Crippen molar-refractivity contribution in [1.82, 2.24) is 40.4 Å². The van der Waals surface area contributed by atoms with E-state index >= 15 is 0 Å². The Balaban J connectivity index is 1.04. The molecule has 18 nitrogen and oxygen atoms in total. The number of aromatic amines is 2. The van der Waals surface area contributed by atoms with E-state index in [1.54, 1.807) is 9.80 Å². The lowest BCUT2D eigenvalue weighted by atomic mass is 10.00. The van der Waals surface area contributed by atoms with Crippen molar-refractivity contribution in [3.8, 4) is 33.6 Å². The van der Waals surface area contributed by atoms with Crippen LogP contribution >= 0.6 is 0 Å². The van der Waals surface area contributed by atoms with Gasteiger partial charge in [-0.3, -0.25) is 9.59 Å². The van der Waals surface area contributed by atoms with Crippen molar-refractivity contribution < 1.29 is 47.6 Å². The Bertz CT molecular complexity index is 2200. The lowest BCUT2D eigenvalue weighted by Gasteiger charge is -2.29. The van der Waals surface area contributed by atoms with Gasteiger partial charge in [-0.15, -0.1) is 0 Å². The van der Waals surface area contributed by atoms with Gasteiger partial charge in [-0.2, -0.15) is 0 Å². The highest BCUT2D eigenvalue weighted by molar-refractivity contribution is 5.87. The second-order valence-corrected chi connectivity index (χ2v) is 18.7. The fourth-order valence-electron chi connectivity index (χ4n) is 9.57. The summed E-state index contributed by atoms with van der Waals surface area (Å²) >= 11 is 0. The largest absolute Gasteiger partial charge is 0.453 e. The van der Waals surface area contributed by atoms with Crippen LogP contribution in [-0.2, 0) is 51.2 Å². The van der Waals surface area contributed by atoms with Gasteiger partial charge < -0.3 is 58.8 Å². The Morgan fingerprint density at radius 3 is 1.32 bits per heavy atom. The van der Waals surface area contributed by atoms with Crippen LogP contribution in [0.4, 0.5) is 9.59 Å². The Hall–Kier alpha value is -5.82. The molecule has 4 N–H and O–H groups in total. The molecule has 6 atom stereocenters. The number of carbonyl (C=O) groups excluding carboxylic acids is 4. The van der Waals surface area contributed by atoms with E-state index in [1.165, 1.54) is 14.2 Å². The summed E-state index contributed by atoms with van der Waals surface area (Å²) in [5.74, 6) is 0.498. The fraction of sp³-hybridized carbons (Fsp3) is 0.560. The molecule has 2 saturated heterocycles. The molecule has 68 heavy (non-hydrogen) atoms. The van der Waals surface area contributed by atoms with Gasteiger partial charge in [-0.1, -0.05) is 76.2 Å². The molecule has 6 heterocycles. The van der Waals surface area contributed by atoms with E-state index in [-0.39, 0.29) is 35.9 Å². The molecule has 0 aliphatic carbocycles. The predicted octanol–water partition coefficient (Wildman–Crippen LogP) is 6.83. The van der Waals surface area contributed by atoms with Crippen LogP contribution in [0, 0.1) is 11.8 Å². The molecule has 2 aromatic carbocycles. The summed E-state index contributed by atoms with van der Waals surface area (Å²) in [6.07, 6.45) is 2.78. The highest BCUT2D eigenvalue weighted by Crippen LogP contribution is 2.39. The number of methoxy groups -OCH3 is 2. The van der Waals surface area contributed by atoms with Crippen LogP contribution < -0.4 is 10.6 Å².